The lowest BCUT2D eigenvalue weighted by Gasteiger charge is -2.14. The number of methoxy groups -OCH3 is 3. The summed E-state index contributed by atoms with van der Waals surface area (Å²) in [7, 11) is 4.37. The van der Waals surface area contributed by atoms with Crippen molar-refractivity contribution in [2.24, 2.45) is 0 Å². The Morgan fingerprint density at radius 2 is 1.64 bits per heavy atom. The van der Waals surface area contributed by atoms with Gasteiger partial charge in [0.25, 0.3) is 11.8 Å². The second-order valence-corrected chi connectivity index (χ2v) is 7.42. The third-order valence-electron chi connectivity index (χ3n) is 5.55. The monoisotopic (exact) mass is 454 g/mol. The van der Waals surface area contributed by atoms with Crippen molar-refractivity contribution in [1.82, 2.24) is 9.88 Å². The first-order valence-corrected chi connectivity index (χ1v) is 10.2. The zero-order chi connectivity index (χ0) is 23.7. The van der Waals surface area contributed by atoms with Gasteiger partial charge in [-0.05, 0) is 42.3 Å². The second kappa shape index (κ2) is 8.95. The van der Waals surface area contributed by atoms with Crippen LogP contribution < -0.4 is 19.5 Å². The molecule has 0 fully saturated rings. The van der Waals surface area contributed by atoms with Crippen LogP contribution in [0.25, 0.3) is 22.0 Å². The number of hydrogen-bond donors (Lipinski definition) is 2. The summed E-state index contributed by atoms with van der Waals surface area (Å²) in [5.41, 5.74) is 1.71. The summed E-state index contributed by atoms with van der Waals surface area (Å²) in [5, 5.41) is 12.1. The van der Waals surface area contributed by atoms with Crippen molar-refractivity contribution in [2.45, 2.75) is 13.0 Å². The third kappa shape index (κ3) is 3.80. The lowest BCUT2D eigenvalue weighted by atomic mass is 9.95. The van der Waals surface area contributed by atoms with Gasteiger partial charge >= 0.3 is 0 Å². The van der Waals surface area contributed by atoms with Crippen LogP contribution in [0.3, 0.4) is 0 Å². The summed E-state index contributed by atoms with van der Waals surface area (Å²) in [4.78, 5) is 25.8. The van der Waals surface area contributed by atoms with Crippen LogP contribution >= 0.6 is 0 Å². The maximum atomic E-state index is 14.2. The number of fused-ring (bicyclic) bond motifs is 1. The molecule has 3 aromatic rings. The average molecular weight is 454 g/mol. The molecule has 0 aliphatic carbocycles. The molecule has 33 heavy (non-hydrogen) atoms. The Bertz CT molecular complexity index is 1270. The first kappa shape index (κ1) is 22.3. The number of benzene rings is 2. The first-order valence-electron chi connectivity index (χ1n) is 10.2. The molecule has 0 bridgehead atoms. The van der Waals surface area contributed by atoms with Gasteiger partial charge in [0.1, 0.15) is 5.82 Å². The van der Waals surface area contributed by atoms with Crippen LogP contribution in [0.5, 0.6) is 17.2 Å². The zero-order valence-corrected chi connectivity index (χ0v) is 18.4. The maximum absolute atomic E-state index is 14.2. The molecular formula is C24H23FN2O6. The largest absolute Gasteiger partial charge is 0.493 e. The van der Waals surface area contributed by atoms with Crippen molar-refractivity contribution >= 4 is 33.9 Å². The number of rotatable bonds is 8. The van der Waals surface area contributed by atoms with Gasteiger partial charge in [-0.25, -0.2) is 4.39 Å². The van der Waals surface area contributed by atoms with E-state index in [0.717, 1.165) is 0 Å². The van der Waals surface area contributed by atoms with Crippen LogP contribution in [-0.4, -0.2) is 49.4 Å². The molecule has 9 heteroatoms. The maximum Gasteiger partial charge on any atom is 0.259 e. The number of nitrogens with one attached hydrogen (secondary N) is 1. The minimum atomic E-state index is -0.589. The molecule has 1 aromatic heterocycles. The number of carbonyl (C=O) groups is 2. The molecule has 0 saturated carbocycles. The number of nitrogens with zero attached hydrogens (tertiary/aromatic N) is 1. The molecule has 2 heterocycles. The summed E-state index contributed by atoms with van der Waals surface area (Å²) < 4.78 is 32.1. The fourth-order valence-corrected chi connectivity index (χ4v) is 4.11. The van der Waals surface area contributed by atoms with E-state index in [0.29, 0.717) is 52.2 Å². The Kier molecular flexibility index (Phi) is 6.06. The molecule has 0 atom stereocenters. The van der Waals surface area contributed by atoms with Crippen molar-refractivity contribution in [3.8, 4) is 17.2 Å². The highest BCUT2D eigenvalue weighted by Gasteiger charge is 2.35. The molecule has 0 spiro atoms. The number of amides is 2. The van der Waals surface area contributed by atoms with Crippen molar-refractivity contribution < 1.29 is 33.3 Å². The highest BCUT2D eigenvalue weighted by atomic mass is 19.1. The lowest BCUT2D eigenvalue weighted by molar-refractivity contribution is -0.122. The smallest absolute Gasteiger partial charge is 0.259 e. The molecule has 0 saturated heterocycles. The lowest BCUT2D eigenvalue weighted by Crippen LogP contribution is -2.22. The van der Waals surface area contributed by atoms with E-state index in [2.05, 4.69) is 5.32 Å². The van der Waals surface area contributed by atoms with Gasteiger partial charge in [0, 0.05) is 35.8 Å². The van der Waals surface area contributed by atoms with Crippen molar-refractivity contribution in [3.63, 3.8) is 0 Å². The van der Waals surface area contributed by atoms with E-state index in [1.54, 1.807) is 24.4 Å². The number of carbonyl (C=O) groups excluding carboxylic acids is 2. The Morgan fingerprint density at radius 1 is 0.970 bits per heavy atom. The second-order valence-electron chi connectivity index (χ2n) is 7.42. The molecule has 0 unspecified atom stereocenters. The molecular weight excluding hydrogens is 431 g/mol. The highest BCUT2D eigenvalue weighted by Crippen LogP contribution is 2.43. The van der Waals surface area contributed by atoms with Gasteiger partial charge in [0.15, 0.2) is 11.5 Å². The summed E-state index contributed by atoms with van der Waals surface area (Å²) >= 11 is 0. The van der Waals surface area contributed by atoms with Gasteiger partial charge in [-0.1, -0.05) is 0 Å². The molecule has 8 nitrogen and oxygen atoms in total. The SMILES string of the molecule is COc1cc(C2=C(c3cn(CCCO)c4ccc(F)cc34)C(=O)NC2=O)cc(OC)c1OC. The van der Waals surface area contributed by atoms with E-state index in [9.17, 15) is 19.1 Å². The standard InChI is InChI=1S/C24H23FN2O6/c1-31-18-9-13(10-19(32-2)22(18)33-3)20-21(24(30)26-23(20)29)16-12-27(7-4-8-28)17-6-5-14(25)11-15(16)17/h5-6,9-12,28H,4,7-8H2,1-3H3,(H,26,29,30). The van der Waals surface area contributed by atoms with E-state index in [4.69, 9.17) is 14.2 Å². The van der Waals surface area contributed by atoms with E-state index in [-0.39, 0.29) is 17.8 Å². The molecule has 2 amide bonds. The van der Waals surface area contributed by atoms with E-state index >= 15 is 0 Å². The topological polar surface area (TPSA) is 99.0 Å². The van der Waals surface area contributed by atoms with Crippen molar-refractivity contribution in [3.05, 3.63) is 53.5 Å². The van der Waals surface area contributed by atoms with Crippen LogP contribution in [0, 0.1) is 5.82 Å². The number of aromatic nitrogens is 1. The van der Waals surface area contributed by atoms with Crippen LogP contribution in [0.15, 0.2) is 36.5 Å². The number of hydrogen-bond acceptors (Lipinski definition) is 6. The van der Waals surface area contributed by atoms with E-state index < -0.39 is 17.6 Å². The van der Waals surface area contributed by atoms with Crippen molar-refractivity contribution in [2.75, 3.05) is 27.9 Å². The Labute approximate surface area is 189 Å². The molecule has 4 rings (SSSR count). The Hall–Kier alpha value is -3.85. The van der Waals surface area contributed by atoms with Gasteiger partial charge < -0.3 is 23.9 Å². The quantitative estimate of drug-likeness (QED) is 0.508. The number of aliphatic hydroxyl groups is 1. The van der Waals surface area contributed by atoms with Crippen LogP contribution in [0.2, 0.25) is 0 Å². The minimum absolute atomic E-state index is 0.0193. The molecule has 1 aliphatic heterocycles. The molecule has 1 aliphatic rings. The summed E-state index contributed by atoms with van der Waals surface area (Å²) in [6.07, 6.45) is 2.18. The molecule has 2 N–H and O–H groups in total. The number of halogens is 1. The average Bonchev–Trinajstić information content (AvgIpc) is 3.31. The first-order chi connectivity index (χ1) is 15.9. The number of aliphatic hydroxyl groups excluding tert-OH is 1. The van der Waals surface area contributed by atoms with Crippen LogP contribution in [-0.2, 0) is 16.1 Å². The number of aryl methyl sites for hydroxylation is 1. The van der Waals surface area contributed by atoms with Gasteiger partial charge in [-0.15, -0.1) is 0 Å². The van der Waals surface area contributed by atoms with Gasteiger partial charge in [-0.3, -0.25) is 14.9 Å². The Balaban J connectivity index is 2.01. The summed E-state index contributed by atoms with van der Waals surface area (Å²) in [5.74, 6) is -0.655. The van der Waals surface area contributed by atoms with E-state index in [1.807, 2.05) is 4.57 Å². The fraction of sp³-hybridized carbons (Fsp3) is 0.250. The van der Waals surface area contributed by atoms with Gasteiger partial charge in [-0.2, -0.15) is 0 Å². The zero-order valence-electron chi connectivity index (χ0n) is 18.4. The predicted octanol–water partition coefficient (Wildman–Crippen LogP) is 2.76. The number of imide groups is 1. The van der Waals surface area contributed by atoms with Crippen LogP contribution in [0.4, 0.5) is 4.39 Å². The minimum Gasteiger partial charge on any atom is -0.493 e. The summed E-state index contributed by atoms with van der Waals surface area (Å²) in [6.45, 7) is 0.440. The van der Waals surface area contributed by atoms with Gasteiger partial charge in [0.2, 0.25) is 5.75 Å². The number of ether oxygens (including phenoxy) is 3. The third-order valence-corrected chi connectivity index (χ3v) is 5.55. The molecule has 0 radical (unpaired) electrons. The molecule has 2 aromatic carbocycles. The Morgan fingerprint density at radius 3 is 2.24 bits per heavy atom. The van der Waals surface area contributed by atoms with Crippen LogP contribution in [0.1, 0.15) is 17.5 Å². The fourth-order valence-electron chi connectivity index (χ4n) is 4.11. The predicted molar refractivity (Wildman–Crippen MR) is 120 cm³/mol. The normalized spacial score (nSPS) is 13.6. The van der Waals surface area contributed by atoms with E-state index in [1.165, 1.54) is 33.5 Å². The van der Waals surface area contributed by atoms with Gasteiger partial charge in [0.05, 0.1) is 32.5 Å². The highest BCUT2D eigenvalue weighted by molar-refractivity contribution is 6.50. The van der Waals surface area contributed by atoms with Crippen molar-refractivity contribution in [1.29, 1.82) is 0 Å². The molecule has 172 valence electrons. The summed E-state index contributed by atoms with van der Waals surface area (Å²) in [6, 6.07) is 7.44.